The van der Waals surface area contributed by atoms with Crippen LogP contribution in [0.3, 0.4) is 0 Å². The van der Waals surface area contributed by atoms with E-state index >= 15 is 0 Å². The molecule has 0 radical (unpaired) electrons. The fourth-order valence-corrected chi connectivity index (χ4v) is 8.14. The highest BCUT2D eigenvalue weighted by Gasteiger charge is 2.25. The van der Waals surface area contributed by atoms with Crippen LogP contribution in [0.1, 0.15) is 5.56 Å². The Labute approximate surface area is 278 Å². The summed E-state index contributed by atoms with van der Waals surface area (Å²) in [6.07, 6.45) is 1.06. The van der Waals surface area contributed by atoms with Gasteiger partial charge in [-0.2, -0.15) is 0 Å². The number of nitrogens with zero attached hydrogens (tertiary/aromatic N) is 2. The van der Waals surface area contributed by atoms with E-state index in [0.717, 1.165) is 51.3 Å². The van der Waals surface area contributed by atoms with Crippen molar-refractivity contribution >= 4 is 55.3 Å². The molecule has 0 N–H and O–H groups in total. The number of fused-ring (bicyclic) bond motifs is 4. The van der Waals surface area contributed by atoms with Crippen molar-refractivity contribution in [3.63, 3.8) is 0 Å². The normalized spacial score (nSPS) is 12.6. The number of hydrogen-bond acceptors (Lipinski definition) is 4. The summed E-state index contributed by atoms with van der Waals surface area (Å²) >= 11 is 1.80. The maximum Gasteiger partial charge on any atom is 0.138 e. The third-order valence-electron chi connectivity index (χ3n) is 9.33. The molecule has 0 amide bonds. The van der Waals surface area contributed by atoms with Crippen LogP contribution in [-0.2, 0) is 6.42 Å². The second-order valence-electron chi connectivity index (χ2n) is 12.2. The quantitative estimate of drug-likeness (QED) is 0.183. The van der Waals surface area contributed by atoms with Crippen LogP contribution in [-0.4, -0.2) is 13.6 Å². The first-order valence-corrected chi connectivity index (χ1v) is 16.9. The van der Waals surface area contributed by atoms with Crippen LogP contribution < -0.4 is 9.80 Å². The summed E-state index contributed by atoms with van der Waals surface area (Å²) in [5.41, 5.74) is 12.7. The monoisotopic (exact) mass is 624 g/mol. The third kappa shape index (κ3) is 4.81. The zero-order chi connectivity index (χ0) is 31.3. The number of para-hydroxylation sites is 2. The summed E-state index contributed by atoms with van der Waals surface area (Å²) < 4.78 is 6.64. The van der Waals surface area contributed by atoms with Crippen molar-refractivity contribution < 1.29 is 4.42 Å². The predicted octanol–water partition coefficient (Wildman–Crippen LogP) is 12.1. The molecule has 0 spiro atoms. The Morgan fingerprint density at radius 2 is 1.32 bits per heavy atom. The van der Waals surface area contributed by atoms with E-state index in [2.05, 4.69) is 169 Å². The summed E-state index contributed by atoms with van der Waals surface area (Å²) in [6.45, 7) is 1.03. The molecule has 9 rings (SSSR count). The van der Waals surface area contributed by atoms with Gasteiger partial charge in [-0.05, 0) is 70.6 Å². The van der Waals surface area contributed by atoms with E-state index in [0.29, 0.717) is 0 Å². The summed E-state index contributed by atoms with van der Waals surface area (Å²) in [5, 5.41) is 3.45. The maximum absolute atomic E-state index is 6.64. The van der Waals surface area contributed by atoms with E-state index in [-0.39, 0.29) is 0 Å². The molecule has 6 aromatic carbocycles. The molecule has 0 atom stereocenters. The number of anilines is 4. The minimum absolute atomic E-state index is 0.891. The van der Waals surface area contributed by atoms with Crippen molar-refractivity contribution in [2.45, 2.75) is 6.42 Å². The van der Waals surface area contributed by atoms with Crippen molar-refractivity contribution in [2.24, 2.45) is 0 Å². The Morgan fingerprint density at radius 1 is 0.596 bits per heavy atom. The molecule has 0 bridgehead atoms. The summed E-state index contributed by atoms with van der Waals surface area (Å²) in [5.74, 6) is 0. The van der Waals surface area contributed by atoms with Gasteiger partial charge in [0.15, 0.2) is 0 Å². The lowest BCUT2D eigenvalue weighted by Gasteiger charge is -2.25. The molecule has 0 saturated carbocycles. The van der Waals surface area contributed by atoms with Gasteiger partial charge in [0.05, 0.1) is 5.69 Å². The SMILES string of the molecule is CN1CCc2cccc(-c3cc(N(c4ccc(-c5ccccc5)cc4)c4ccc(-c5ccccc5)s4)cc4oc5ccccc5c34)c21. The van der Waals surface area contributed by atoms with Gasteiger partial charge in [-0.25, -0.2) is 0 Å². The van der Waals surface area contributed by atoms with Gasteiger partial charge < -0.3 is 14.2 Å². The largest absolute Gasteiger partial charge is 0.456 e. The molecule has 3 nitrogen and oxygen atoms in total. The predicted molar refractivity (Wildman–Crippen MR) is 200 cm³/mol. The summed E-state index contributed by atoms with van der Waals surface area (Å²) in [6, 6.07) is 54.4. The Bertz CT molecular complexity index is 2370. The first kappa shape index (κ1) is 27.7. The van der Waals surface area contributed by atoms with Crippen molar-refractivity contribution in [3.05, 3.63) is 157 Å². The molecule has 2 aromatic heterocycles. The first-order valence-electron chi connectivity index (χ1n) is 16.1. The standard InChI is InChI=1S/C43H32N2OS/c1-44-26-25-32-15-10-17-35(43(32)44)37-27-34(28-39-42(37)36-16-8-9-18-38(36)46-39)45(41-24-23-40(47-41)31-13-6-3-7-14-31)33-21-19-30(20-22-33)29-11-4-2-5-12-29/h2-24,27-28H,25-26H2,1H3. The van der Waals surface area contributed by atoms with Crippen molar-refractivity contribution in [2.75, 3.05) is 23.4 Å². The molecule has 0 aliphatic carbocycles. The molecule has 0 saturated heterocycles. The number of thiophene rings is 1. The average Bonchev–Trinajstić information content (AvgIpc) is 3.87. The van der Waals surface area contributed by atoms with Crippen molar-refractivity contribution in [1.29, 1.82) is 0 Å². The smallest absolute Gasteiger partial charge is 0.138 e. The Morgan fingerprint density at radius 3 is 2.13 bits per heavy atom. The molecule has 47 heavy (non-hydrogen) atoms. The number of hydrogen-bond donors (Lipinski definition) is 0. The van der Waals surface area contributed by atoms with E-state index in [4.69, 9.17) is 4.42 Å². The number of furan rings is 1. The zero-order valence-electron chi connectivity index (χ0n) is 26.1. The van der Waals surface area contributed by atoms with Crippen LogP contribution >= 0.6 is 11.3 Å². The molecule has 1 aliphatic rings. The molecule has 1 aliphatic heterocycles. The van der Waals surface area contributed by atoms with Crippen LogP contribution in [0.4, 0.5) is 22.1 Å². The van der Waals surface area contributed by atoms with Crippen LogP contribution in [0.5, 0.6) is 0 Å². The van der Waals surface area contributed by atoms with E-state index in [1.54, 1.807) is 11.3 Å². The molecule has 4 heteroatoms. The Hall–Kier alpha value is -5.58. The molecular weight excluding hydrogens is 593 g/mol. The number of likely N-dealkylation sites (N-methyl/N-ethyl adjacent to an activating group) is 1. The van der Waals surface area contributed by atoms with E-state index < -0.39 is 0 Å². The molecular formula is C43H32N2OS. The van der Waals surface area contributed by atoms with E-state index in [1.165, 1.54) is 43.9 Å². The van der Waals surface area contributed by atoms with Gasteiger partial charge in [-0.15, -0.1) is 11.3 Å². The topological polar surface area (TPSA) is 19.6 Å². The van der Waals surface area contributed by atoms with Crippen LogP contribution in [0.15, 0.2) is 156 Å². The van der Waals surface area contributed by atoms with Crippen LogP contribution in [0, 0.1) is 0 Å². The van der Waals surface area contributed by atoms with Crippen LogP contribution in [0.2, 0.25) is 0 Å². The molecule has 0 unspecified atom stereocenters. The third-order valence-corrected chi connectivity index (χ3v) is 10.5. The van der Waals surface area contributed by atoms with Crippen molar-refractivity contribution in [1.82, 2.24) is 0 Å². The maximum atomic E-state index is 6.64. The summed E-state index contributed by atoms with van der Waals surface area (Å²) in [7, 11) is 2.21. The van der Waals surface area contributed by atoms with Gasteiger partial charge >= 0.3 is 0 Å². The minimum Gasteiger partial charge on any atom is -0.456 e. The lowest BCUT2D eigenvalue weighted by Crippen LogP contribution is -2.13. The fourth-order valence-electron chi connectivity index (χ4n) is 7.09. The van der Waals surface area contributed by atoms with Gasteiger partial charge in [-0.1, -0.05) is 109 Å². The van der Waals surface area contributed by atoms with Crippen LogP contribution in [0.25, 0.3) is 54.6 Å². The van der Waals surface area contributed by atoms with E-state index in [9.17, 15) is 0 Å². The Kier molecular flexibility index (Phi) is 6.69. The van der Waals surface area contributed by atoms with Gasteiger partial charge in [0.1, 0.15) is 16.2 Å². The Balaban J connectivity index is 1.28. The highest BCUT2D eigenvalue weighted by Crippen LogP contribution is 2.48. The molecule has 3 heterocycles. The highest BCUT2D eigenvalue weighted by atomic mass is 32.1. The second-order valence-corrected chi connectivity index (χ2v) is 13.3. The van der Waals surface area contributed by atoms with Gasteiger partial charge in [-0.3, -0.25) is 0 Å². The minimum atomic E-state index is 0.891. The highest BCUT2D eigenvalue weighted by molar-refractivity contribution is 7.19. The first-order chi connectivity index (χ1) is 23.2. The van der Waals surface area contributed by atoms with E-state index in [1.807, 2.05) is 0 Å². The second kappa shape index (κ2) is 11.3. The fraction of sp³-hybridized carbons (Fsp3) is 0.0698. The summed E-state index contributed by atoms with van der Waals surface area (Å²) in [4.78, 5) is 6.02. The van der Waals surface area contributed by atoms with Gasteiger partial charge in [0.2, 0.25) is 0 Å². The van der Waals surface area contributed by atoms with Gasteiger partial charge in [0, 0.05) is 52.2 Å². The lowest BCUT2D eigenvalue weighted by atomic mass is 9.95. The molecule has 0 fully saturated rings. The zero-order valence-corrected chi connectivity index (χ0v) is 26.9. The number of benzene rings is 6. The average molecular weight is 625 g/mol. The lowest BCUT2D eigenvalue weighted by molar-refractivity contribution is 0.669. The van der Waals surface area contributed by atoms with Crippen molar-refractivity contribution in [3.8, 4) is 32.7 Å². The molecule has 8 aromatic rings. The molecule has 226 valence electrons. The number of rotatable bonds is 6. The van der Waals surface area contributed by atoms with Gasteiger partial charge in [0.25, 0.3) is 0 Å².